The molecule has 1 rings (SSSR count). The highest BCUT2D eigenvalue weighted by molar-refractivity contribution is 6.40. The Morgan fingerprint density at radius 2 is 2.00 bits per heavy atom. The monoisotopic (exact) mass is 236 g/mol. The van der Waals surface area contributed by atoms with Gasteiger partial charge in [-0.15, -0.1) is 0 Å². The van der Waals surface area contributed by atoms with Crippen molar-refractivity contribution in [1.82, 2.24) is 0 Å². The summed E-state index contributed by atoms with van der Waals surface area (Å²) in [5, 5.41) is 17.7. The quantitative estimate of drug-likeness (QED) is 0.611. The molecule has 0 saturated heterocycles. The van der Waals surface area contributed by atoms with E-state index in [1.807, 2.05) is 0 Å². The highest BCUT2D eigenvalue weighted by atomic mass is 16.6. The SMILES string of the molecule is CC(C)(C)OC(=O)c1cccc(CB(O)O)c1. The smallest absolute Gasteiger partial charge is 0.456 e. The third kappa shape index (κ3) is 5.02. The van der Waals surface area contributed by atoms with Gasteiger partial charge in [0.05, 0.1) is 5.56 Å². The number of carbonyl (C=O) groups excluding carboxylic acids is 1. The molecule has 0 fully saturated rings. The van der Waals surface area contributed by atoms with Gasteiger partial charge < -0.3 is 14.8 Å². The van der Waals surface area contributed by atoms with Gasteiger partial charge in [0.15, 0.2) is 0 Å². The maximum absolute atomic E-state index is 11.8. The minimum Gasteiger partial charge on any atom is -0.456 e. The molecule has 1 aromatic carbocycles. The second kappa shape index (κ2) is 5.34. The van der Waals surface area contributed by atoms with E-state index >= 15 is 0 Å². The minimum absolute atomic E-state index is 0.0939. The predicted octanol–water partition coefficient (Wildman–Crippen LogP) is 1.20. The van der Waals surface area contributed by atoms with Crippen LogP contribution in [0.3, 0.4) is 0 Å². The summed E-state index contributed by atoms with van der Waals surface area (Å²) in [5.41, 5.74) is 0.560. The van der Waals surface area contributed by atoms with E-state index in [4.69, 9.17) is 14.8 Å². The standard InChI is InChI=1S/C12H17BO4/c1-12(2,3)17-11(14)10-6-4-5-9(7-10)8-13(15)16/h4-7,15-16H,8H2,1-3H3. The highest BCUT2D eigenvalue weighted by Gasteiger charge is 2.18. The van der Waals surface area contributed by atoms with Crippen molar-refractivity contribution in [3.63, 3.8) is 0 Å². The summed E-state index contributed by atoms with van der Waals surface area (Å²) in [7, 11) is -1.41. The molecule has 92 valence electrons. The van der Waals surface area contributed by atoms with Crippen LogP contribution in [0.4, 0.5) is 0 Å². The second-order valence-electron chi connectivity index (χ2n) is 4.89. The summed E-state index contributed by atoms with van der Waals surface area (Å²) in [6, 6.07) is 6.67. The number of benzene rings is 1. The highest BCUT2D eigenvalue weighted by Crippen LogP contribution is 2.13. The molecule has 0 aromatic heterocycles. The predicted molar refractivity (Wildman–Crippen MR) is 65.5 cm³/mol. The summed E-state index contributed by atoms with van der Waals surface area (Å²) in [6.07, 6.45) is 0.0939. The van der Waals surface area contributed by atoms with Gasteiger partial charge in [-0.2, -0.15) is 0 Å². The Hall–Kier alpha value is -1.33. The largest absolute Gasteiger partial charge is 0.456 e. The summed E-state index contributed by atoms with van der Waals surface area (Å²) >= 11 is 0. The summed E-state index contributed by atoms with van der Waals surface area (Å²) < 4.78 is 5.22. The van der Waals surface area contributed by atoms with Gasteiger partial charge >= 0.3 is 13.1 Å². The van der Waals surface area contributed by atoms with Crippen LogP contribution in [-0.4, -0.2) is 28.7 Å². The van der Waals surface area contributed by atoms with E-state index in [0.29, 0.717) is 11.1 Å². The first-order chi connectivity index (χ1) is 7.78. The molecule has 0 radical (unpaired) electrons. The zero-order valence-electron chi connectivity index (χ0n) is 10.3. The molecule has 0 spiro atoms. The van der Waals surface area contributed by atoms with Gasteiger partial charge in [-0.25, -0.2) is 4.79 Å². The van der Waals surface area contributed by atoms with Crippen LogP contribution in [0, 0.1) is 0 Å². The van der Waals surface area contributed by atoms with Gasteiger partial charge in [0.25, 0.3) is 0 Å². The van der Waals surface area contributed by atoms with Crippen LogP contribution >= 0.6 is 0 Å². The Morgan fingerprint density at radius 3 is 2.53 bits per heavy atom. The molecule has 5 heteroatoms. The number of carbonyl (C=O) groups is 1. The summed E-state index contributed by atoms with van der Waals surface area (Å²) in [5.74, 6) is -0.410. The Morgan fingerprint density at radius 1 is 1.35 bits per heavy atom. The fourth-order valence-electron chi connectivity index (χ4n) is 1.37. The summed E-state index contributed by atoms with van der Waals surface area (Å²) in [4.78, 5) is 11.8. The lowest BCUT2D eigenvalue weighted by Crippen LogP contribution is -2.24. The lowest BCUT2D eigenvalue weighted by Gasteiger charge is -2.19. The van der Waals surface area contributed by atoms with E-state index < -0.39 is 18.7 Å². The fourth-order valence-corrected chi connectivity index (χ4v) is 1.37. The van der Waals surface area contributed by atoms with Gasteiger partial charge in [0.1, 0.15) is 5.60 Å². The van der Waals surface area contributed by atoms with Crippen molar-refractivity contribution in [2.24, 2.45) is 0 Å². The molecule has 2 N–H and O–H groups in total. The first-order valence-corrected chi connectivity index (χ1v) is 5.46. The topological polar surface area (TPSA) is 66.8 Å². The van der Waals surface area contributed by atoms with Crippen molar-refractivity contribution >= 4 is 13.1 Å². The van der Waals surface area contributed by atoms with Crippen LogP contribution in [0.15, 0.2) is 24.3 Å². The van der Waals surface area contributed by atoms with Crippen LogP contribution < -0.4 is 0 Å². The Kier molecular flexibility index (Phi) is 4.31. The third-order valence-corrected chi connectivity index (χ3v) is 1.98. The van der Waals surface area contributed by atoms with E-state index in [1.54, 1.807) is 45.0 Å². The normalized spacial score (nSPS) is 11.1. The van der Waals surface area contributed by atoms with Crippen molar-refractivity contribution < 1.29 is 19.6 Å². The van der Waals surface area contributed by atoms with Gasteiger partial charge in [0.2, 0.25) is 0 Å². The van der Waals surface area contributed by atoms with Crippen LogP contribution in [0.5, 0.6) is 0 Å². The second-order valence-corrected chi connectivity index (χ2v) is 4.89. The molecule has 1 aromatic rings. The van der Waals surface area contributed by atoms with Crippen LogP contribution in [-0.2, 0) is 11.1 Å². The van der Waals surface area contributed by atoms with Gasteiger partial charge in [-0.05, 0) is 38.5 Å². The minimum atomic E-state index is -1.41. The zero-order chi connectivity index (χ0) is 13.1. The molecular formula is C12H17BO4. The molecule has 17 heavy (non-hydrogen) atoms. The molecule has 0 aliphatic carbocycles. The molecule has 4 nitrogen and oxygen atoms in total. The Labute approximate surface area is 101 Å². The van der Waals surface area contributed by atoms with E-state index in [-0.39, 0.29) is 6.32 Å². The van der Waals surface area contributed by atoms with E-state index in [0.717, 1.165) is 0 Å². The van der Waals surface area contributed by atoms with E-state index in [1.165, 1.54) is 0 Å². The van der Waals surface area contributed by atoms with Crippen LogP contribution in [0.2, 0.25) is 0 Å². The molecule has 0 saturated carbocycles. The fraction of sp³-hybridized carbons (Fsp3) is 0.417. The van der Waals surface area contributed by atoms with Crippen LogP contribution in [0.1, 0.15) is 36.7 Å². The maximum atomic E-state index is 11.8. The van der Waals surface area contributed by atoms with Gasteiger partial charge in [-0.3, -0.25) is 0 Å². The van der Waals surface area contributed by atoms with Crippen molar-refractivity contribution in [2.45, 2.75) is 32.7 Å². The van der Waals surface area contributed by atoms with Gasteiger partial charge in [-0.1, -0.05) is 12.1 Å². The van der Waals surface area contributed by atoms with Crippen molar-refractivity contribution in [3.8, 4) is 0 Å². The molecule has 0 bridgehead atoms. The average molecular weight is 236 g/mol. The Bertz CT molecular complexity index is 396. The lowest BCUT2D eigenvalue weighted by molar-refractivity contribution is 0.00693. The third-order valence-electron chi connectivity index (χ3n) is 1.98. The number of hydrogen-bond donors (Lipinski definition) is 2. The molecule has 0 aliphatic heterocycles. The molecule has 0 aliphatic rings. The first kappa shape index (κ1) is 13.7. The molecule has 0 amide bonds. The molecule has 0 heterocycles. The number of esters is 1. The number of hydrogen-bond acceptors (Lipinski definition) is 4. The molecule has 0 unspecified atom stereocenters. The Balaban J connectivity index is 2.81. The lowest BCUT2D eigenvalue weighted by atomic mass is 9.82. The number of rotatable bonds is 3. The molecule has 0 atom stereocenters. The van der Waals surface area contributed by atoms with Crippen molar-refractivity contribution in [1.29, 1.82) is 0 Å². The van der Waals surface area contributed by atoms with E-state index in [2.05, 4.69) is 0 Å². The van der Waals surface area contributed by atoms with Gasteiger partial charge in [0, 0.05) is 6.32 Å². The van der Waals surface area contributed by atoms with Crippen molar-refractivity contribution in [2.75, 3.05) is 0 Å². The first-order valence-electron chi connectivity index (χ1n) is 5.46. The van der Waals surface area contributed by atoms with E-state index in [9.17, 15) is 4.79 Å². The molecular weight excluding hydrogens is 219 g/mol. The van der Waals surface area contributed by atoms with Crippen molar-refractivity contribution in [3.05, 3.63) is 35.4 Å². The maximum Gasteiger partial charge on any atom is 0.456 e. The average Bonchev–Trinajstić information content (AvgIpc) is 2.14. The summed E-state index contributed by atoms with van der Waals surface area (Å²) in [6.45, 7) is 5.39. The number of ether oxygens (including phenoxy) is 1. The van der Waals surface area contributed by atoms with Crippen LogP contribution in [0.25, 0.3) is 0 Å². The zero-order valence-corrected chi connectivity index (χ0v) is 10.3.